The summed E-state index contributed by atoms with van der Waals surface area (Å²) in [7, 11) is 1.36. The first-order chi connectivity index (χ1) is 3.72. The van der Waals surface area contributed by atoms with E-state index in [2.05, 4.69) is 4.99 Å². The normalized spacial score (nSPS) is 19.5. The van der Waals surface area contributed by atoms with Crippen LogP contribution >= 0.6 is 0 Å². The van der Waals surface area contributed by atoms with Crippen molar-refractivity contribution in [3.63, 3.8) is 0 Å². The van der Waals surface area contributed by atoms with E-state index in [4.69, 9.17) is 0 Å². The zero-order chi connectivity index (χ0) is 6.15. The lowest BCUT2D eigenvalue weighted by atomic mass is 10.6. The fraction of sp³-hybridized carbons (Fsp3) is 0.500. The zero-order valence-corrected chi connectivity index (χ0v) is 4.39. The Bertz CT molecular complexity index is 154. The highest BCUT2D eigenvalue weighted by atomic mass is 19.1. The maximum Gasteiger partial charge on any atom is 0.287 e. The lowest BCUT2D eigenvalue weighted by Gasteiger charge is -2.01. The van der Waals surface area contributed by atoms with Gasteiger partial charge in [-0.05, 0) is 0 Å². The smallest absolute Gasteiger partial charge is 0.274 e. The van der Waals surface area contributed by atoms with Crippen LogP contribution in [0.1, 0.15) is 0 Å². The predicted octanol–water partition coefficient (Wildman–Crippen LogP) is -0.216. The van der Waals surface area contributed by atoms with Gasteiger partial charge < -0.3 is 0 Å². The van der Waals surface area contributed by atoms with Gasteiger partial charge in [-0.1, -0.05) is 0 Å². The Morgan fingerprint density at radius 1 is 1.88 bits per heavy atom. The number of amidine groups is 1. The summed E-state index contributed by atoms with van der Waals surface area (Å²) in [4.78, 5) is 14.5. The minimum Gasteiger partial charge on any atom is -0.274 e. The summed E-state index contributed by atoms with van der Waals surface area (Å²) >= 11 is 0. The van der Waals surface area contributed by atoms with Crippen LogP contribution in [0.5, 0.6) is 0 Å². The number of hydrogen-bond acceptors (Lipinski definition) is 2. The standard InChI is InChI=1S/C4H5FN2O/c1-7-3(8)2-6-4(7)5/h2H2,1H3. The number of carbonyl (C=O) groups is 1. The second kappa shape index (κ2) is 1.54. The van der Waals surface area contributed by atoms with E-state index in [0.29, 0.717) is 0 Å². The molecule has 1 amide bonds. The molecule has 1 aliphatic heterocycles. The third kappa shape index (κ3) is 0.576. The Balaban J connectivity index is 2.72. The molecular formula is C4H5FN2O. The van der Waals surface area contributed by atoms with E-state index in [1.54, 1.807) is 0 Å². The fourth-order valence-corrected chi connectivity index (χ4v) is 0.448. The van der Waals surface area contributed by atoms with E-state index in [0.717, 1.165) is 4.90 Å². The van der Waals surface area contributed by atoms with Crippen molar-refractivity contribution in [3.05, 3.63) is 0 Å². The first-order valence-electron chi connectivity index (χ1n) is 2.18. The van der Waals surface area contributed by atoms with Crippen molar-refractivity contribution < 1.29 is 9.18 Å². The molecule has 1 rings (SSSR count). The van der Waals surface area contributed by atoms with E-state index in [1.807, 2.05) is 0 Å². The molecule has 0 spiro atoms. The first-order valence-corrected chi connectivity index (χ1v) is 2.18. The summed E-state index contributed by atoms with van der Waals surface area (Å²) in [5.74, 6) is -0.289. The predicted molar refractivity (Wildman–Crippen MR) is 26.2 cm³/mol. The Labute approximate surface area is 45.8 Å². The van der Waals surface area contributed by atoms with Crippen LogP contribution in [0.4, 0.5) is 4.39 Å². The number of aliphatic imine (C=N–C) groups is 1. The summed E-state index contributed by atoms with van der Waals surface area (Å²) in [5.41, 5.74) is 0. The Kier molecular flexibility index (Phi) is 1.00. The molecule has 1 heterocycles. The molecule has 0 fully saturated rings. The lowest BCUT2D eigenvalue weighted by molar-refractivity contribution is -0.124. The third-order valence-electron chi connectivity index (χ3n) is 0.996. The number of rotatable bonds is 0. The second-order valence-electron chi connectivity index (χ2n) is 1.54. The molecular weight excluding hydrogens is 111 g/mol. The van der Waals surface area contributed by atoms with E-state index < -0.39 is 6.09 Å². The van der Waals surface area contributed by atoms with Crippen LogP contribution < -0.4 is 0 Å². The molecule has 0 bridgehead atoms. The van der Waals surface area contributed by atoms with Crippen molar-refractivity contribution in [2.45, 2.75) is 0 Å². The summed E-state index contributed by atoms with van der Waals surface area (Å²) in [6.45, 7) is -0.0394. The van der Waals surface area contributed by atoms with Gasteiger partial charge in [0.25, 0.3) is 12.0 Å². The second-order valence-corrected chi connectivity index (χ2v) is 1.54. The molecule has 0 saturated heterocycles. The minimum absolute atomic E-state index is 0.0394. The van der Waals surface area contributed by atoms with E-state index in [-0.39, 0.29) is 12.5 Å². The van der Waals surface area contributed by atoms with Crippen LogP contribution in [0.15, 0.2) is 4.99 Å². The molecule has 0 unspecified atom stereocenters. The summed E-state index contributed by atoms with van der Waals surface area (Å²) in [6, 6.07) is 0. The zero-order valence-electron chi connectivity index (χ0n) is 4.39. The molecule has 0 aliphatic carbocycles. The monoisotopic (exact) mass is 116 g/mol. The first kappa shape index (κ1) is 5.21. The number of likely N-dealkylation sites (N-methyl/N-ethyl adjacent to an activating group) is 1. The van der Waals surface area contributed by atoms with Crippen molar-refractivity contribution in [1.29, 1.82) is 0 Å². The number of halogens is 1. The Morgan fingerprint density at radius 3 is 2.62 bits per heavy atom. The molecule has 0 N–H and O–H groups in total. The van der Waals surface area contributed by atoms with Gasteiger partial charge in [0.15, 0.2) is 0 Å². The van der Waals surface area contributed by atoms with Crippen LogP contribution in [0, 0.1) is 0 Å². The molecule has 44 valence electrons. The highest BCUT2D eigenvalue weighted by molar-refractivity contribution is 5.99. The van der Waals surface area contributed by atoms with Crippen LogP contribution in [0.3, 0.4) is 0 Å². The third-order valence-corrected chi connectivity index (χ3v) is 0.996. The van der Waals surface area contributed by atoms with Gasteiger partial charge in [0.1, 0.15) is 6.54 Å². The number of nitrogens with zero attached hydrogens (tertiary/aromatic N) is 2. The minimum atomic E-state index is -0.685. The number of hydrogen-bond donors (Lipinski definition) is 0. The topological polar surface area (TPSA) is 32.7 Å². The molecule has 0 aromatic heterocycles. The quantitative estimate of drug-likeness (QED) is 0.403. The maximum absolute atomic E-state index is 12.0. The number of amides is 1. The van der Waals surface area contributed by atoms with Crippen molar-refractivity contribution in [3.8, 4) is 0 Å². The average molecular weight is 116 g/mol. The molecule has 0 radical (unpaired) electrons. The van der Waals surface area contributed by atoms with Crippen molar-refractivity contribution >= 4 is 12.0 Å². The molecule has 0 aromatic rings. The molecule has 0 atom stereocenters. The SMILES string of the molecule is CN1C(=O)CN=C1F. The van der Waals surface area contributed by atoms with Gasteiger partial charge in [0.05, 0.1) is 0 Å². The van der Waals surface area contributed by atoms with Crippen molar-refractivity contribution in [2.75, 3.05) is 13.6 Å². The van der Waals surface area contributed by atoms with Gasteiger partial charge in [0.2, 0.25) is 0 Å². The van der Waals surface area contributed by atoms with Crippen molar-refractivity contribution in [1.82, 2.24) is 4.90 Å². The van der Waals surface area contributed by atoms with Gasteiger partial charge in [-0.25, -0.2) is 4.99 Å². The fourth-order valence-electron chi connectivity index (χ4n) is 0.448. The van der Waals surface area contributed by atoms with Gasteiger partial charge in [-0.15, -0.1) is 0 Å². The molecule has 4 heteroatoms. The molecule has 0 aromatic carbocycles. The summed E-state index contributed by atoms with van der Waals surface area (Å²) < 4.78 is 12.0. The van der Waals surface area contributed by atoms with E-state index in [1.165, 1.54) is 7.05 Å². The molecule has 1 aliphatic rings. The van der Waals surface area contributed by atoms with Gasteiger partial charge >= 0.3 is 0 Å². The van der Waals surface area contributed by atoms with Crippen LogP contribution in [0.25, 0.3) is 0 Å². The van der Waals surface area contributed by atoms with Crippen molar-refractivity contribution in [2.24, 2.45) is 4.99 Å². The van der Waals surface area contributed by atoms with Crippen LogP contribution in [0.2, 0.25) is 0 Å². The van der Waals surface area contributed by atoms with Gasteiger partial charge in [-0.2, -0.15) is 4.39 Å². The van der Waals surface area contributed by atoms with Crippen LogP contribution in [-0.2, 0) is 4.79 Å². The molecule has 8 heavy (non-hydrogen) atoms. The van der Waals surface area contributed by atoms with E-state index >= 15 is 0 Å². The number of carbonyl (C=O) groups excluding carboxylic acids is 1. The Morgan fingerprint density at radius 2 is 2.50 bits per heavy atom. The highest BCUT2D eigenvalue weighted by Gasteiger charge is 2.19. The maximum atomic E-state index is 12.0. The summed E-state index contributed by atoms with van der Waals surface area (Å²) in [5, 5.41) is 0. The molecule has 0 saturated carbocycles. The van der Waals surface area contributed by atoms with Crippen LogP contribution in [-0.4, -0.2) is 30.5 Å². The Hall–Kier alpha value is -0.930. The summed E-state index contributed by atoms with van der Waals surface area (Å²) in [6.07, 6.45) is -0.685. The van der Waals surface area contributed by atoms with Gasteiger partial charge in [0, 0.05) is 7.05 Å². The van der Waals surface area contributed by atoms with E-state index in [9.17, 15) is 9.18 Å². The molecule has 3 nitrogen and oxygen atoms in total. The average Bonchev–Trinajstić information content (AvgIpc) is 1.98. The largest absolute Gasteiger partial charge is 0.287 e. The highest BCUT2D eigenvalue weighted by Crippen LogP contribution is 1.99. The lowest BCUT2D eigenvalue weighted by Crippen LogP contribution is -2.24. The van der Waals surface area contributed by atoms with Gasteiger partial charge in [-0.3, -0.25) is 9.69 Å².